The van der Waals surface area contributed by atoms with Gasteiger partial charge in [0, 0.05) is 31.7 Å². The summed E-state index contributed by atoms with van der Waals surface area (Å²) in [5, 5.41) is 12.7. The van der Waals surface area contributed by atoms with Gasteiger partial charge >= 0.3 is 0 Å². The van der Waals surface area contributed by atoms with Crippen molar-refractivity contribution in [2.24, 2.45) is 0 Å². The third kappa shape index (κ3) is 12.0. The Balaban J connectivity index is 3.10. The van der Waals surface area contributed by atoms with E-state index in [4.69, 9.17) is 9.47 Å². The van der Waals surface area contributed by atoms with E-state index in [1.807, 2.05) is 17.8 Å². The van der Waals surface area contributed by atoms with Crippen LogP contribution in [-0.2, 0) is 9.47 Å². The molecule has 0 saturated heterocycles. The van der Waals surface area contributed by atoms with E-state index in [9.17, 15) is 5.11 Å². The predicted octanol–water partition coefficient (Wildman–Crippen LogP) is 0.519. The van der Waals surface area contributed by atoms with Crippen LogP contribution in [0.2, 0.25) is 0 Å². The van der Waals surface area contributed by atoms with Gasteiger partial charge in [-0.25, -0.2) is 0 Å². The molecule has 0 aromatic rings. The second kappa shape index (κ2) is 13.0. The van der Waals surface area contributed by atoms with Gasteiger partial charge in [0.2, 0.25) is 0 Å². The second-order valence-electron chi connectivity index (χ2n) is 3.29. The first-order valence-corrected chi connectivity index (χ1v) is 6.60. The molecule has 0 spiro atoms. The van der Waals surface area contributed by atoms with Crippen molar-refractivity contribution < 1.29 is 14.6 Å². The Morgan fingerprint density at radius 2 is 2.31 bits per heavy atom. The van der Waals surface area contributed by atoms with Crippen LogP contribution in [0.5, 0.6) is 0 Å². The van der Waals surface area contributed by atoms with Crippen LogP contribution < -0.4 is 5.32 Å². The monoisotopic (exact) mass is 249 g/mol. The highest BCUT2D eigenvalue weighted by molar-refractivity contribution is 7.99. The van der Waals surface area contributed by atoms with E-state index >= 15 is 0 Å². The van der Waals surface area contributed by atoms with E-state index in [2.05, 4.69) is 11.9 Å². The van der Waals surface area contributed by atoms with Gasteiger partial charge in [-0.3, -0.25) is 0 Å². The molecule has 0 saturated carbocycles. The summed E-state index contributed by atoms with van der Waals surface area (Å²) in [5.74, 6) is 2.01. The van der Waals surface area contributed by atoms with E-state index < -0.39 is 6.10 Å². The van der Waals surface area contributed by atoms with Gasteiger partial charge in [-0.05, 0) is 0 Å². The van der Waals surface area contributed by atoms with Crippen LogP contribution in [0.1, 0.15) is 0 Å². The maximum atomic E-state index is 9.50. The molecule has 2 N–H and O–H groups in total. The molecule has 0 aliphatic carbocycles. The molecule has 0 aromatic heterocycles. The van der Waals surface area contributed by atoms with Gasteiger partial charge in [-0.15, -0.1) is 6.58 Å². The standard InChI is InChI=1S/C11H23NO3S/c1-3-7-16-8-4-12-9-11(13)10-15-6-5-14-2/h3,11-13H,1,4-10H2,2H3. The number of nitrogens with one attached hydrogen (secondary N) is 1. The maximum Gasteiger partial charge on any atom is 0.0897 e. The summed E-state index contributed by atoms with van der Waals surface area (Å²) in [5.41, 5.74) is 0. The Morgan fingerprint density at radius 3 is 3.00 bits per heavy atom. The van der Waals surface area contributed by atoms with Crippen molar-refractivity contribution in [1.29, 1.82) is 0 Å². The Kier molecular flexibility index (Phi) is 12.9. The zero-order valence-corrected chi connectivity index (χ0v) is 10.8. The summed E-state index contributed by atoms with van der Waals surface area (Å²) < 4.78 is 10.0. The molecule has 0 aromatic carbocycles. The van der Waals surface area contributed by atoms with Crippen LogP contribution in [0.3, 0.4) is 0 Å². The zero-order chi connectivity index (χ0) is 12.1. The molecule has 96 valence electrons. The molecule has 4 nitrogen and oxygen atoms in total. The Hall–Kier alpha value is -0.0700. The van der Waals surface area contributed by atoms with E-state index in [0.29, 0.717) is 26.4 Å². The molecule has 16 heavy (non-hydrogen) atoms. The molecule has 0 heterocycles. The fraction of sp³-hybridized carbons (Fsp3) is 0.818. The Bertz CT molecular complexity index is 158. The van der Waals surface area contributed by atoms with Crippen LogP contribution >= 0.6 is 11.8 Å². The SMILES string of the molecule is C=CCSCCNCC(O)COCCOC. The first kappa shape index (κ1) is 15.9. The molecule has 0 fully saturated rings. The highest BCUT2D eigenvalue weighted by atomic mass is 32.2. The van der Waals surface area contributed by atoms with Crippen LogP contribution in [0.4, 0.5) is 0 Å². The Morgan fingerprint density at radius 1 is 1.50 bits per heavy atom. The minimum absolute atomic E-state index is 0.357. The summed E-state index contributed by atoms with van der Waals surface area (Å²) in [7, 11) is 1.63. The van der Waals surface area contributed by atoms with Gasteiger partial charge in [0.25, 0.3) is 0 Å². The molecule has 0 amide bonds. The molecule has 5 heteroatoms. The molecule has 0 aliphatic heterocycles. The lowest BCUT2D eigenvalue weighted by atomic mass is 10.4. The summed E-state index contributed by atoms with van der Waals surface area (Å²) in [4.78, 5) is 0. The van der Waals surface area contributed by atoms with Crippen LogP contribution in [0.15, 0.2) is 12.7 Å². The average Bonchev–Trinajstić information content (AvgIpc) is 2.29. The minimum Gasteiger partial charge on any atom is -0.389 e. The highest BCUT2D eigenvalue weighted by Gasteiger charge is 2.02. The van der Waals surface area contributed by atoms with E-state index in [-0.39, 0.29) is 0 Å². The van der Waals surface area contributed by atoms with Crippen LogP contribution in [0, 0.1) is 0 Å². The lowest BCUT2D eigenvalue weighted by Gasteiger charge is -2.11. The van der Waals surface area contributed by atoms with Gasteiger partial charge in [-0.2, -0.15) is 11.8 Å². The zero-order valence-electron chi connectivity index (χ0n) is 9.98. The molecule has 0 radical (unpaired) electrons. The number of hydrogen-bond acceptors (Lipinski definition) is 5. The van der Waals surface area contributed by atoms with Crippen molar-refractivity contribution in [3.05, 3.63) is 12.7 Å². The fourth-order valence-electron chi connectivity index (χ4n) is 1.00. The lowest BCUT2D eigenvalue weighted by molar-refractivity contribution is 0.0140. The molecular formula is C11H23NO3S. The number of methoxy groups -OCH3 is 1. The van der Waals surface area contributed by atoms with Gasteiger partial charge < -0.3 is 19.9 Å². The van der Waals surface area contributed by atoms with Gasteiger partial charge in [-0.1, -0.05) is 6.08 Å². The number of thioether (sulfide) groups is 1. The molecule has 0 bridgehead atoms. The van der Waals surface area contributed by atoms with Crippen molar-refractivity contribution in [2.45, 2.75) is 6.10 Å². The fourth-order valence-corrected chi connectivity index (χ4v) is 1.62. The van der Waals surface area contributed by atoms with Crippen LogP contribution in [-0.4, -0.2) is 62.7 Å². The number of aliphatic hydroxyl groups is 1. The van der Waals surface area contributed by atoms with Gasteiger partial charge in [0.05, 0.1) is 25.9 Å². The molecule has 0 rings (SSSR count). The topological polar surface area (TPSA) is 50.7 Å². The van der Waals surface area contributed by atoms with E-state index in [0.717, 1.165) is 18.1 Å². The van der Waals surface area contributed by atoms with E-state index in [1.165, 1.54) is 0 Å². The lowest BCUT2D eigenvalue weighted by Crippen LogP contribution is -2.32. The number of aliphatic hydroxyl groups excluding tert-OH is 1. The first-order valence-electron chi connectivity index (χ1n) is 5.45. The van der Waals surface area contributed by atoms with Crippen LogP contribution in [0.25, 0.3) is 0 Å². The van der Waals surface area contributed by atoms with Gasteiger partial charge in [0.15, 0.2) is 0 Å². The summed E-state index contributed by atoms with van der Waals surface area (Å²) in [6.45, 7) is 6.57. The number of hydrogen-bond donors (Lipinski definition) is 2. The molecule has 1 atom stereocenters. The smallest absolute Gasteiger partial charge is 0.0897 e. The minimum atomic E-state index is -0.443. The van der Waals surface area contributed by atoms with Crippen molar-refractivity contribution in [1.82, 2.24) is 5.32 Å². The number of ether oxygens (including phenoxy) is 2. The van der Waals surface area contributed by atoms with Crippen molar-refractivity contribution >= 4 is 11.8 Å². The second-order valence-corrected chi connectivity index (χ2v) is 4.44. The summed E-state index contributed by atoms with van der Waals surface area (Å²) in [6.07, 6.45) is 1.45. The molecule has 1 unspecified atom stereocenters. The average molecular weight is 249 g/mol. The first-order chi connectivity index (χ1) is 7.81. The normalized spacial score (nSPS) is 12.6. The molecular weight excluding hydrogens is 226 g/mol. The quantitative estimate of drug-likeness (QED) is 0.390. The third-order valence-electron chi connectivity index (χ3n) is 1.78. The molecule has 0 aliphatic rings. The largest absolute Gasteiger partial charge is 0.389 e. The van der Waals surface area contributed by atoms with E-state index in [1.54, 1.807) is 7.11 Å². The summed E-state index contributed by atoms with van der Waals surface area (Å²) >= 11 is 1.82. The van der Waals surface area contributed by atoms with Crippen molar-refractivity contribution in [3.8, 4) is 0 Å². The van der Waals surface area contributed by atoms with Gasteiger partial charge in [0.1, 0.15) is 0 Å². The maximum absolute atomic E-state index is 9.50. The van der Waals surface area contributed by atoms with Crippen molar-refractivity contribution in [3.63, 3.8) is 0 Å². The number of rotatable bonds is 12. The highest BCUT2D eigenvalue weighted by Crippen LogP contribution is 1.96. The predicted molar refractivity (Wildman–Crippen MR) is 69.1 cm³/mol. The summed E-state index contributed by atoms with van der Waals surface area (Å²) in [6, 6.07) is 0. The Labute approximate surface area is 102 Å². The van der Waals surface area contributed by atoms with Crippen molar-refractivity contribution in [2.75, 3.05) is 51.5 Å². The third-order valence-corrected chi connectivity index (χ3v) is 2.75.